The topological polar surface area (TPSA) is 23.6 Å². The first kappa shape index (κ1) is 17.5. The predicted octanol–water partition coefficient (Wildman–Crippen LogP) is 4.24. The number of benzene rings is 1. The van der Waals surface area contributed by atoms with E-state index >= 15 is 0 Å². The molecule has 128 valence electrons. The fourth-order valence-electron chi connectivity index (χ4n) is 3.21. The Kier molecular flexibility index (Phi) is 5.93. The maximum Gasteiger partial charge on any atom is 0.222 e. The second-order valence-electron chi connectivity index (χ2n) is 6.25. The van der Waals surface area contributed by atoms with Crippen LogP contribution in [0.2, 0.25) is 5.02 Å². The maximum atomic E-state index is 12.4. The summed E-state index contributed by atoms with van der Waals surface area (Å²) in [5, 5.41) is 5.00. The molecule has 0 spiro atoms. The molecule has 1 saturated heterocycles. The molecule has 3 rings (SSSR count). The lowest BCUT2D eigenvalue weighted by molar-refractivity contribution is -0.133. The molecule has 1 aliphatic rings. The van der Waals surface area contributed by atoms with Gasteiger partial charge in [-0.15, -0.1) is 0 Å². The normalized spacial score (nSPS) is 17.0. The summed E-state index contributed by atoms with van der Waals surface area (Å²) in [6.45, 7) is 5.59. The second-order valence-corrected chi connectivity index (χ2v) is 7.43. The lowest BCUT2D eigenvalue weighted by Gasteiger charge is -2.38. The average molecular weight is 363 g/mol. The molecule has 1 fully saturated rings. The number of halogens is 1. The number of hydrogen-bond donors (Lipinski definition) is 0. The first-order chi connectivity index (χ1) is 11.6. The fraction of sp³-hybridized carbons (Fsp3) is 0.421. The molecule has 0 aliphatic carbocycles. The molecule has 1 aliphatic heterocycles. The summed E-state index contributed by atoms with van der Waals surface area (Å²) in [6.07, 6.45) is 1.45. The predicted molar refractivity (Wildman–Crippen MR) is 101 cm³/mol. The van der Waals surface area contributed by atoms with Crippen LogP contribution in [0.15, 0.2) is 41.1 Å². The number of nitrogens with zero attached hydrogens (tertiary/aromatic N) is 2. The Morgan fingerprint density at radius 3 is 2.62 bits per heavy atom. The van der Waals surface area contributed by atoms with Crippen LogP contribution in [0.3, 0.4) is 0 Å². The van der Waals surface area contributed by atoms with Crippen LogP contribution in [0.5, 0.6) is 0 Å². The quantitative estimate of drug-likeness (QED) is 0.794. The van der Waals surface area contributed by atoms with Gasteiger partial charge in [-0.25, -0.2) is 0 Å². The first-order valence-electron chi connectivity index (χ1n) is 8.42. The minimum atomic E-state index is 0.270. The van der Waals surface area contributed by atoms with Crippen molar-refractivity contribution in [1.82, 2.24) is 9.80 Å². The van der Waals surface area contributed by atoms with Gasteiger partial charge >= 0.3 is 0 Å². The van der Waals surface area contributed by atoms with Crippen LogP contribution in [-0.2, 0) is 11.2 Å². The van der Waals surface area contributed by atoms with Gasteiger partial charge in [0.15, 0.2) is 0 Å². The Labute approximate surface area is 152 Å². The van der Waals surface area contributed by atoms with Gasteiger partial charge in [0.1, 0.15) is 0 Å². The van der Waals surface area contributed by atoms with Crippen molar-refractivity contribution >= 4 is 28.8 Å². The number of amides is 1. The highest BCUT2D eigenvalue weighted by atomic mass is 35.5. The fourth-order valence-corrected chi connectivity index (χ4v) is 4.21. The molecule has 0 bridgehead atoms. The van der Waals surface area contributed by atoms with Gasteiger partial charge in [0.2, 0.25) is 5.91 Å². The van der Waals surface area contributed by atoms with E-state index in [0.717, 1.165) is 43.2 Å². The number of thiophene rings is 1. The van der Waals surface area contributed by atoms with Crippen molar-refractivity contribution in [2.45, 2.75) is 25.8 Å². The van der Waals surface area contributed by atoms with Crippen molar-refractivity contribution in [2.24, 2.45) is 0 Å². The molecular weight excluding hydrogens is 340 g/mol. The van der Waals surface area contributed by atoms with E-state index in [1.807, 2.05) is 23.1 Å². The Morgan fingerprint density at radius 2 is 1.96 bits per heavy atom. The molecule has 0 saturated carbocycles. The summed E-state index contributed by atoms with van der Waals surface area (Å²) in [5.41, 5.74) is 2.43. The Balaban J connectivity index is 1.50. The number of carbonyl (C=O) groups excluding carboxylic acids is 1. The molecule has 1 aromatic heterocycles. The van der Waals surface area contributed by atoms with Crippen molar-refractivity contribution in [1.29, 1.82) is 0 Å². The van der Waals surface area contributed by atoms with Crippen LogP contribution in [-0.4, -0.2) is 41.9 Å². The molecule has 0 N–H and O–H groups in total. The summed E-state index contributed by atoms with van der Waals surface area (Å²) in [4.78, 5) is 16.8. The summed E-state index contributed by atoms with van der Waals surface area (Å²) in [6, 6.07) is 10.4. The zero-order chi connectivity index (χ0) is 16.9. The number of piperazine rings is 1. The minimum absolute atomic E-state index is 0.270. The van der Waals surface area contributed by atoms with Crippen LogP contribution in [0.25, 0.3) is 0 Å². The van der Waals surface area contributed by atoms with Crippen LogP contribution in [0.4, 0.5) is 0 Å². The van der Waals surface area contributed by atoms with E-state index in [0.29, 0.717) is 6.42 Å². The lowest BCUT2D eigenvalue weighted by atomic mass is 10.1. The zero-order valence-corrected chi connectivity index (χ0v) is 15.5. The van der Waals surface area contributed by atoms with Crippen molar-refractivity contribution in [3.8, 4) is 0 Å². The minimum Gasteiger partial charge on any atom is -0.340 e. The van der Waals surface area contributed by atoms with E-state index < -0.39 is 0 Å². The van der Waals surface area contributed by atoms with Gasteiger partial charge < -0.3 is 4.90 Å². The van der Waals surface area contributed by atoms with Crippen molar-refractivity contribution < 1.29 is 4.79 Å². The van der Waals surface area contributed by atoms with E-state index in [1.54, 1.807) is 11.3 Å². The van der Waals surface area contributed by atoms with Crippen LogP contribution >= 0.6 is 22.9 Å². The smallest absolute Gasteiger partial charge is 0.222 e. The Hall–Kier alpha value is -1.36. The van der Waals surface area contributed by atoms with Gasteiger partial charge in [0.25, 0.3) is 0 Å². The molecule has 24 heavy (non-hydrogen) atoms. The van der Waals surface area contributed by atoms with Crippen LogP contribution in [0.1, 0.15) is 30.5 Å². The largest absolute Gasteiger partial charge is 0.340 e. The van der Waals surface area contributed by atoms with Crippen molar-refractivity contribution in [2.75, 3.05) is 26.2 Å². The molecule has 2 heterocycles. The molecule has 0 radical (unpaired) electrons. The molecule has 1 aromatic carbocycles. The average Bonchev–Trinajstić information content (AvgIpc) is 3.13. The SMILES string of the molecule is CC(c1ccccc1Cl)N1CCN(C(=O)CCc2ccsc2)CC1. The van der Waals surface area contributed by atoms with E-state index in [1.165, 1.54) is 5.56 Å². The zero-order valence-electron chi connectivity index (χ0n) is 14.0. The van der Waals surface area contributed by atoms with E-state index in [9.17, 15) is 4.79 Å². The Bertz CT molecular complexity index is 666. The van der Waals surface area contributed by atoms with Crippen LogP contribution < -0.4 is 0 Å². The summed E-state index contributed by atoms with van der Waals surface area (Å²) in [7, 11) is 0. The van der Waals surface area contributed by atoms with E-state index in [2.05, 4.69) is 34.7 Å². The third-order valence-corrected chi connectivity index (χ3v) is 5.85. The third kappa shape index (κ3) is 4.18. The molecule has 2 aromatic rings. The molecule has 1 unspecified atom stereocenters. The standard InChI is InChI=1S/C19H23ClN2OS/c1-15(17-4-2-3-5-18(17)20)21-9-11-22(12-10-21)19(23)7-6-16-8-13-24-14-16/h2-5,8,13-15H,6-7,9-12H2,1H3. The van der Waals surface area contributed by atoms with Gasteiger partial charge in [-0.05, 0) is 47.4 Å². The highest BCUT2D eigenvalue weighted by Crippen LogP contribution is 2.27. The molecule has 5 heteroatoms. The number of aryl methyl sites for hydroxylation is 1. The van der Waals surface area contributed by atoms with Crippen molar-refractivity contribution in [3.05, 3.63) is 57.2 Å². The monoisotopic (exact) mass is 362 g/mol. The van der Waals surface area contributed by atoms with Crippen molar-refractivity contribution in [3.63, 3.8) is 0 Å². The Morgan fingerprint density at radius 1 is 1.21 bits per heavy atom. The summed E-state index contributed by atoms with van der Waals surface area (Å²) >= 11 is 8.00. The first-order valence-corrected chi connectivity index (χ1v) is 9.74. The van der Waals surface area contributed by atoms with E-state index in [-0.39, 0.29) is 11.9 Å². The van der Waals surface area contributed by atoms with Gasteiger partial charge in [0, 0.05) is 43.7 Å². The number of rotatable bonds is 5. The summed E-state index contributed by atoms with van der Waals surface area (Å²) < 4.78 is 0. The highest BCUT2D eigenvalue weighted by Gasteiger charge is 2.25. The second kappa shape index (κ2) is 8.15. The third-order valence-electron chi connectivity index (χ3n) is 4.78. The highest BCUT2D eigenvalue weighted by molar-refractivity contribution is 7.07. The summed E-state index contributed by atoms with van der Waals surface area (Å²) in [5.74, 6) is 0.270. The maximum absolute atomic E-state index is 12.4. The van der Waals surface area contributed by atoms with E-state index in [4.69, 9.17) is 11.6 Å². The number of carbonyl (C=O) groups is 1. The number of hydrogen-bond acceptors (Lipinski definition) is 3. The molecule has 3 nitrogen and oxygen atoms in total. The van der Waals surface area contributed by atoms with Gasteiger partial charge in [0.05, 0.1) is 0 Å². The van der Waals surface area contributed by atoms with Crippen LogP contribution in [0, 0.1) is 0 Å². The molecule has 1 atom stereocenters. The lowest BCUT2D eigenvalue weighted by Crippen LogP contribution is -2.49. The molecule has 1 amide bonds. The molecular formula is C19H23ClN2OS. The van der Waals surface area contributed by atoms with Gasteiger partial charge in [-0.3, -0.25) is 9.69 Å². The van der Waals surface area contributed by atoms with Gasteiger partial charge in [-0.2, -0.15) is 11.3 Å². The van der Waals surface area contributed by atoms with Gasteiger partial charge in [-0.1, -0.05) is 29.8 Å².